The molecule has 0 unspecified atom stereocenters. The van der Waals surface area contributed by atoms with Gasteiger partial charge in [0, 0.05) is 18.7 Å². The summed E-state index contributed by atoms with van der Waals surface area (Å²) in [5.74, 6) is 0.529. The molecule has 2 rings (SSSR count). The monoisotopic (exact) mass is 284 g/mol. The van der Waals surface area contributed by atoms with Crippen molar-refractivity contribution in [3.63, 3.8) is 0 Å². The lowest BCUT2D eigenvalue weighted by Crippen LogP contribution is -2.02. The smallest absolute Gasteiger partial charge is 0.373 e. The highest BCUT2D eigenvalue weighted by Gasteiger charge is 2.10. The van der Waals surface area contributed by atoms with Gasteiger partial charge < -0.3 is 14.5 Å². The first-order valence-electron chi connectivity index (χ1n) is 6.64. The van der Waals surface area contributed by atoms with Crippen LogP contribution in [-0.4, -0.2) is 19.6 Å². The largest absolute Gasteiger partial charge is 0.463 e. The highest BCUT2D eigenvalue weighted by Crippen LogP contribution is 2.12. The number of hydrogen-bond acceptors (Lipinski definition) is 5. The Hall–Kier alpha value is -2.74. The Balaban J connectivity index is 1.75. The average Bonchev–Trinajstić information content (AvgIpc) is 3.00. The van der Waals surface area contributed by atoms with E-state index in [1.54, 1.807) is 24.3 Å². The van der Waals surface area contributed by atoms with E-state index in [9.17, 15) is 4.79 Å². The molecule has 0 aliphatic carbocycles. The molecule has 21 heavy (non-hydrogen) atoms. The summed E-state index contributed by atoms with van der Waals surface area (Å²) in [7, 11) is 1.33. The second-order valence-electron chi connectivity index (χ2n) is 4.48. The molecule has 0 aliphatic heterocycles. The fourth-order valence-corrected chi connectivity index (χ4v) is 1.88. The molecule has 1 heterocycles. The maximum absolute atomic E-state index is 11.2. The Morgan fingerprint density at radius 3 is 2.71 bits per heavy atom. The van der Waals surface area contributed by atoms with Crippen molar-refractivity contribution in [3.8, 4) is 6.07 Å². The van der Waals surface area contributed by atoms with E-state index < -0.39 is 5.97 Å². The van der Waals surface area contributed by atoms with Gasteiger partial charge in [-0.2, -0.15) is 5.26 Å². The van der Waals surface area contributed by atoms with Crippen LogP contribution in [0.2, 0.25) is 0 Å². The fourth-order valence-electron chi connectivity index (χ4n) is 1.88. The van der Waals surface area contributed by atoms with Gasteiger partial charge in [0.25, 0.3) is 0 Å². The third-order valence-corrected chi connectivity index (χ3v) is 2.99. The lowest BCUT2D eigenvalue weighted by atomic mass is 10.2. The molecular weight excluding hydrogens is 268 g/mol. The summed E-state index contributed by atoms with van der Waals surface area (Å²) >= 11 is 0. The number of furan rings is 1. The van der Waals surface area contributed by atoms with Crippen LogP contribution < -0.4 is 5.32 Å². The molecular formula is C16H16N2O3. The molecule has 0 saturated carbocycles. The highest BCUT2D eigenvalue weighted by atomic mass is 16.5. The van der Waals surface area contributed by atoms with Gasteiger partial charge in [-0.05, 0) is 42.8 Å². The number of methoxy groups -OCH3 is 1. The molecule has 0 fully saturated rings. The number of rotatable bonds is 6. The molecule has 5 nitrogen and oxygen atoms in total. The number of nitriles is 1. The summed E-state index contributed by atoms with van der Waals surface area (Å²) in [4.78, 5) is 11.2. The van der Waals surface area contributed by atoms with Crippen molar-refractivity contribution in [1.29, 1.82) is 5.26 Å². The Labute approximate surface area is 123 Å². The molecule has 5 heteroatoms. The van der Waals surface area contributed by atoms with Crippen LogP contribution in [0.1, 0.15) is 28.3 Å². The van der Waals surface area contributed by atoms with E-state index in [1.165, 1.54) is 7.11 Å². The van der Waals surface area contributed by atoms with Crippen LogP contribution in [0.4, 0.5) is 5.69 Å². The summed E-state index contributed by atoms with van der Waals surface area (Å²) in [5, 5.41) is 12.0. The maximum atomic E-state index is 11.2. The predicted octanol–water partition coefficient (Wildman–Crippen LogP) is 2.98. The van der Waals surface area contributed by atoms with Gasteiger partial charge in [0.05, 0.1) is 18.7 Å². The first kappa shape index (κ1) is 14.7. The molecule has 0 amide bonds. The highest BCUT2D eigenvalue weighted by molar-refractivity contribution is 5.86. The molecule has 1 aromatic carbocycles. The van der Waals surface area contributed by atoms with Gasteiger partial charge in [0.1, 0.15) is 5.76 Å². The number of ether oxygens (including phenoxy) is 1. The van der Waals surface area contributed by atoms with Crippen LogP contribution in [0, 0.1) is 11.3 Å². The van der Waals surface area contributed by atoms with E-state index in [0.29, 0.717) is 5.56 Å². The van der Waals surface area contributed by atoms with Gasteiger partial charge in [-0.25, -0.2) is 4.79 Å². The van der Waals surface area contributed by atoms with Crippen LogP contribution >= 0.6 is 0 Å². The van der Waals surface area contributed by atoms with E-state index in [4.69, 9.17) is 9.68 Å². The summed E-state index contributed by atoms with van der Waals surface area (Å²) in [6.45, 7) is 0.778. The van der Waals surface area contributed by atoms with E-state index in [0.717, 1.165) is 30.8 Å². The topological polar surface area (TPSA) is 75.3 Å². The number of carbonyl (C=O) groups is 1. The summed E-state index contributed by atoms with van der Waals surface area (Å²) in [5.41, 5.74) is 1.62. The molecule has 0 spiro atoms. The number of esters is 1. The van der Waals surface area contributed by atoms with Gasteiger partial charge in [-0.1, -0.05) is 0 Å². The minimum atomic E-state index is -0.461. The quantitative estimate of drug-likeness (QED) is 0.652. The molecule has 0 atom stereocenters. The third-order valence-electron chi connectivity index (χ3n) is 2.99. The summed E-state index contributed by atoms with van der Waals surface area (Å²) in [6.07, 6.45) is 1.61. The molecule has 0 radical (unpaired) electrons. The summed E-state index contributed by atoms with van der Waals surface area (Å²) in [6, 6.07) is 12.8. The average molecular weight is 284 g/mol. The van der Waals surface area contributed by atoms with Crippen LogP contribution in [0.5, 0.6) is 0 Å². The fraction of sp³-hybridized carbons (Fsp3) is 0.250. The Morgan fingerprint density at radius 1 is 1.29 bits per heavy atom. The second-order valence-corrected chi connectivity index (χ2v) is 4.48. The lowest BCUT2D eigenvalue weighted by molar-refractivity contribution is 0.0563. The number of carbonyl (C=O) groups excluding carboxylic acids is 1. The van der Waals surface area contributed by atoms with Crippen LogP contribution in [0.15, 0.2) is 40.8 Å². The van der Waals surface area contributed by atoms with Gasteiger partial charge in [0.15, 0.2) is 0 Å². The van der Waals surface area contributed by atoms with Crippen molar-refractivity contribution >= 4 is 11.7 Å². The van der Waals surface area contributed by atoms with Crippen molar-refractivity contribution in [2.45, 2.75) is 12.8 Å². The minimum Gasteiger partial charge on any atom is -0.463 e. The van der Waals surface area contributed by atoms with Crippen molar-refractivity contribution in [1.82, 2.24) is 0 Å². The molecule has 0 saturated heterocycles. The Morgan fingerprint density at radius 2 is 2.05 bits per heavy atom. The maximum Gasteiger partial charge on any atom is 0.373 e. The molecule has 0 aliphatic rings. The van der Waals surface area contributed by atoms with E-state index >= 15 is 0 Å². The zero-order valence-corrected chi connectivity index (χ0v) is 11.8. The van der Waals surface area contributed by atoms with Gasteiger partial charge in [0.2, 0.25) is 5.76 Å². The molecule has 0 bridgehead atoms. The Bertz CT molecular complexity index is 638. The van der Waals surface area contributed by atoms with Crippen molar-refractivity contribution in [2.75, 3.05) is 19.0 Å². The van der Waals surface area contributed by atoms with Crippen molar-refractivity contribution in [3.05, 3.63) is 53.5 Å². The van der Waals surface area contributed by atoms with Crippen LogP contribution in [-0.2, 0) is 11.2 Å². The van der Waals surface area contributed by atoms with E-state index in [2.05, 4.69) is 16.1 Å². The number of hydrogen-bond donors (Lipinski definition) is 1. The molecule has 1 N–H and O–H groups in total. The number of anilines is 1. The standard InChI is InChI=1S/C16H16N2O3/c1-20-16(19)15-9-8-14(21-15)3-2-10-18-13-6-4-12(11-17)5-7-13/h4-9,18H,2-3,10H2,1H3. The van der Waals surface area contributed by atoms with Crippen molar-refractivity contribution in [2.24, 2.45) is 0 Å². The normalized spacial score (nSPS) is 9.90. The van der Waals surface area contributed by atoms with E-state index in [-0.39, 0.29) is 5.76 Å². The first-order valence-corrected chi connectivity index (χ1v) is 6.64. The zero-order valence-electron chi connectivity index (χ0n) is 11.8. The Kier molecular flexibility index (Phi) is 4.99. The van der Waals surface area contributed by atoms with Crippen LogP contribution in [0.3, 0.4) is 0 Å². The molecule has 2 aromatic rings. The third kappa shape index (κ3) is 4.11. The van der Waals surface area contributed by atoms with Gasteiger partial charge in [-0.3, -0.25) is 0 Å². The zero-order chi connectivity index (χ0) is 15.1. The predicted molar refractivity (Wildman–Crippen MR) is 78.0 cm³/mol. The molecule has 108 valence electrons. The SMILES string of the molecule is COC(=O)c1ccc(CCCNc2ccc(C#N)cc2)o1. The van der Waals surface area contributed by atoms with Gasteiger partial charge in [-0.15, -0.1) is 0 Å². The first-order chi connectivity index (χ1) is 10.2. The van der Waals surface area contributed by atoms with E-state index in [1.807, 2.05) is 12.1 Å². The minimum absolute atomic E-state index is 0.229. The lowest BCUT2D eigenvalue weighted by Gasteiger charge is -2.05. The van der Waals surface area contributed by atoms with Gasteiger partial charge >= 0.3 is 5.97 Å². The van der Waals surface area contributed by atoms with Crippen molar-refractivity contribution < 1.29 is 13.9 Å². The number of nitrogens with zero attached hydrogens (tertiary/aromatic N) is 1. The second kappa shape index (κ2) is 7.15. The number of nitrogens with one attached hydrogen (secondary N) is 1. The number of aryl methyl sites for hydroxylation is 1. The number of benzene rings is 1. The van der Waals surface area contributed by atoms with Crippen LogP contribution in [0.25, 0.3) is 0 Å². The molecule has 1 aromatic heterocycles. The summed E-state index contributed by atoms with van der Waals surface area (Å²) < 4.78 is 9.96.